The number of hydrogen-bond acceptors (Lipinski definition) is 6. The molecule has 0 saturated heterocycles. The van der Waals surface area contributed by atoms with Crippen LogP contribution < -0.4 is 15.4 Å². The van der Waals surface area contributed by atoms with Crippen molar-refractivity contribution in [2.24, 2.45) is 0 Å². The van der Waals surface area contributed by atoms with Crippen molar-refractivity contribution in [2.45, 2.75) is 31.9 Å². The highest BCUT2D eigenvalue weighted by molar-refractivity contribution is 5.95. The normalized spacial score (nSPS) is 15.2. The molecule has 4 rings (SSSR count). The predicted octanol–water partition coefficient (Wildman–Crippen LogP) is 3.15. The molecule has 152 valence electrons. The van der Waals surface area contributed by atoms with E-state index in [9.17, 15) is 19.3 Å². The maximum atomic E-state index is 13.8. The summed E-state index contributed by atoms with van der Waals surface area (Å²) in [7, 11) is 0. The summed E-state index contributed by atoms with van der Waals surface area (Å²) >= 11 is 0. The molecule has 2 N–H and O–H groups in total. The lowest BCUT2D eigenvalue weighted by Crippen LogP contribution is -2.26. The number of nitro benzene ring substituents is 1. The molecule has 2 aromatic carbocycles. The Morgan fingerprint density at radius 2 is 2.10 bits per heavy atom. The molecule has 0 spiro atoms. The van der Waals surface area contributed by atoms with Crippen LogP contribution in [0.5, 0.6) is 5.75 Å². The van der Waals surface area contributed by atoms with Crippen LogP contribution in [0.25, 0.3) is 0 Å². The molecule has 9 heteroatoms. The van der Waals surface area contributed by atoms with Gasteiger partial charge in [0.1, 0.15) is 17.3 Å². The number of nitro groups is 1. The number of carbonyl (C=O) groups is 1. The van der Waals surface area contributed by atoms with E-state index in [1.54, 1.807) is 12.1 Å². The second kappa shape index (κ2) is 8.04. The Hall–Kier alpha value is -3.20. The fourth-order valence-electron chi connectivity index (χ4n) is 3.25. The van der Waals surface area contributed by atoms with Crippen LogP contribution >= 0.6 is 0 Å². The maximum absolute atomic E-state index is 13.8. The fraction of sp³-hybridized carbons (Fsp3) is 0.350. The first kappa shape index (κ1) is 19.1. The molecule has 0 bridgehead atoms. The van der Waals surface area contributed by atoms with Crippen LogP contribution in [0.3, 0.4) is 0 Å². The van der Waals surface area contributed by atoms with Gasteiger partial charge in [-0.25, -0.2) is 4.39 Å². The average molecular weight is 401 g/mol. The van der Waals surface area contributed by atoms with Gasteiger partial charge in [-0.3, -0.25) is 14.9 Å². The highest BCUT2D eigenvalue weighted by Gasteiger charge is 2.25. The molecule has 8 nitrogen and oxygen atoms in total. The Morgan fingerprint density at radius 1 is 1.28 bits per heavy atom. The van der Waals surface area contributed by atoms with Gasteiger partial charge in [-0.2, -0.15) is 0 Å². The maximum Gasteiger partial charge on any atom is 0.293 e. The largest absolute Gasteiger partial charge is 0.467 e. The van der Waals surface area contributed by atoms with Crippen LogP contribution in [0.15, 0.2) is 30.3 Å². The molecule has 1 heterocycles. The predicted molar refractivity (Wildman–Crippen MR) is 102 cm³/mol. The highest BCUT2D eigenvalue weighted by atomic mass is 19.1. The van der Waals surface area contributed by atoms with Gasteiger partial charge in [-0.15, -0.1) is 0 Å². The van der Waals surface area contributed by atoms with Crippen LogP contribution in [-0.4, -0.2) is 30.2 Å². The SMILES string of the molecule is O=C(NCCc1cc(F)cc2c1OCOC2)c1ccc(NC2CC2)c([N+](=O)[O-])c1. The molecule has 0 unspecified atom stereocenters. The zero-order valence-electron chi connectivity index (χ0n) is 15.6. The van der Waals surface area contributed by atoms with Gasteiger partial charge in [-0.1, -0.05) is 0 Å². The Bertz CT molecular complexity index is 961. The molecule has 1 aliphatic heterocycles. The summed E-state index contributed by atoms with van der Waals surface area (Å²) in [5.74, 6) is -0.243. The summed E-state index contributed by atoms with van der Waals surface area (Å²) in [4.78, 5) is 23.3. The number of anilines is 1. The van der Waals surface area contributed by atoms with E-state index in [0.717, 1.165) is 12.8 Å². The molecule has 1 saturated carbocycles. The molecular formula is C20H20FN3O5. The van der Waals surface area contributed by atoms with Crippen molar-refractivity contribution >= 4 is 17.3 Å². The topological polar surface area (TPSA) is 103 Å². The first-order chi connectivity index (χ1) is 14.0. The van der Waals surface area contributed by atoms with Gasteiger partial charge in [0.2, 0.25) is 0 Å². The van der Waals surface area contributed by atoms with Crippen molar-refractivity contribution in [2.75, 3.05) is 18.7 Å². The number of halogens is 1. The Labute approximate surface area is 166 Å². The molecule has 0 aromatic heterocycles. The number of benzene rings is 2. The molecule has 0 radical (unpaired) electrons. The van der Waals surface area contributed by atoms with Gasteiger partial charge in [0.05, 0.1) is 11.5 Å². The van der Waals surface area contributed by atoms with Crippen molar-refractivity contribution in [1.29, 1.82) is 0 Å². The molecular weight excluding hydrogens is 381 g/mol. The third-order valence-electron chi connectivity index (χ3n) is 4.83. The van der Waals surface area contributed by atoms with Crippen LogP contribution in [0, 0.1) is 15.9 Å². The number of fused-ring (bicyclic) bond motifs is 1. The van der Waals surface area contributed by atoms with Gasteiger partial charge in [0, 0.05) is 29.8 Å². The number of carbonyl (C=O) groups excluding carboxylic acids is 1. The first-order valence-corrected chi connectivity index (χ1v) is 9.36. The quantitative estimate of drug-likeness (QED) is 0.546. The van der Waals surface area contributed by atoms with Gasteiger partial charge in [-0.05, 0) is 49.1 Å². The molecule has 29 heavy (non-hydrogen) atoms. The number of nitrogens with one attached hydrogen (secondary N) is 2. The van der Waals surface area contributed by atoms with Gasteiger partial charge < -0.3 is 20.1 Å². The standard InChI is InChI=1S/C20H20FN3O5/c21-15-7-12(19-14(8-15)10-28-11-29-19)5-6-22-20(25)13-1-4-17(23-16-2-3-16)18(9-13)24(26)27/h1,4,7-9,16,23H,2-3,5-6,10-11H2,(H,22,25). The lowest BCUT2D eigenvalue weighted by atomic mass is 10.1. The summed E-state index contributed by atoms with van der Waals surface area (Å²) < 4.78 is 24.4. The second-order valence-corrected chi connectivity index (χ2v) is 7.08. The van der Waals surface area contributed by atoms with Crippen molar-refractivity contribution in [1.82, 2.24) is 5.32 Å². The minimum atomic E-state index is -0.500. The number of amides is 1. The van der Waals surface area contributed by atoms with E-state index >= 15 is 0 Å². The van der Waals surface area contributed by atoms with E-state index in [1.165, 1.54) is 18.2 Å². The third kappa shape index (κ3) is 4.45. The first-order valence-electron chi connectivity index (χ1n) is 9.36. The number of rotatable bonds is 7. The van der Waals surface area contributed by atoms with Crippen LogP contribution in [0.4, 0.5) is 15.8 Å². The van der Waals surface area contributed by atoms with E-state index < -0.39 is 16.6 Å². The van der Waals surface area contributed by atoms with Crippen LogP contribution in [-0.2, 0) is 17.8 Å². The zero-order chi connectivity index (χ0) is 20.4. The minimum absolute atomic E-state index is 0.100. The van der Waals surface area contributed by atoms with Crippen molar-refractivity contribution in [3.63, 3.8) is 0 Å². The number of ether oxygens (including phenoxy) is 2. The molecule has 1 amide bonds. The smallest absolute Gasteiger partial charge is 0.293 e. The highest BCUT2D eigenvalue weighted by Crippen LogP contribution is 2.32. The molecule has 0 atom stereocenters. The second-order valence-electron chi connectivity index (χ2n) is 7.08. The van der Waals surface area contributed by atoms with Gasteiger partial charge in [0.15, 0.2) is 6.79 Å². The summed E-state index contributed by atoms with van der Waals surface area (Å²) in [5, 5.41) is 17.2. The van der Waals surface area contributed by atoms with Crippen LogP contribution in [0.2, 0.25) is 0 Å². The molecule has 1 fully saturated rings. The number of hydrogen-bond donors (Lipinski definition) is 2. The van der Waals surface area contributed by atoms with Crippen LogP contribution in [0.1, 0.15) is 34.3 Å². The summed E-state index contributed by atoms with van der Waals surface area (Å²) in [6, 6.07) is 7.38. The molecule has 2 aromatic rings. The van der Waals surface area contributed by atoms with E-state index in [2.05, 4.69) is 10.6 Å². The minimum Gasteiger partial charge on any atom is -0.467 e. The molecule has 1 aliphatic carbocycles. The van der Waals surface area contributed by atoms with E-state index in [1.807, 2.05) is 0 Å². The van der Waals surface area contributed by atoms with E-state index in [0.29, 0.717) is 29.0 Å². The Kier molecular flexibility index (Phi) is 5.30. The van der Waals surface area contributed by atoms with Crippen molar-refractivity contribution in [3.05, 3.63) is 63.0 Å². The fourth-order valence-corrected chi connectivity index (χ4v) is 3.25. The summed E-state index contributed by atoms with van der Waals surface area (Å²) in [6.07, 6.45) is 2.33. The number of nitrogens with zero attached hydrogens (tertiary/aromatic N) is 1. The van der Waals surface area contributed by atoms with E-state index in [4.69, 9.17) is 9.47 Å². The summed E-state index contributed by atoms with van der Waals surface area (Å²) in [6.45, 7) is 0.606. The Balaban J connectivity index is 1.42. The lowest BCUT2D eigenvalue weighted by Gasteiger charge is -2.21. The monoisotopic (exact) mass is 401 g/mol. The summed E-state index contributed by atoms with van der Waals surface area (Å²) in [5.41, 5.74) is 1.76. The van der Waals surface area contributed by atoms with Crippen molar-refractivity contribution in [3.8, 4) is 5.75 Å². The van der Waals surface area contributed by atoms with E-state index in [-0.39, 0.29) is 37.2 Å². The molecule has 2 aliphatic rings. The van der Waals surface area contributed by atoms with Gasteiger partial charge >= 0.3 is 0 Å². The van der Waals surface area contributed by atoms with Crippen molar-refractivity contribution < 1.29 is 23.6 Å². The van der Waals surface area contributed by atoms with Gasteiger partial charge in [0.25, 0.3) is 11.6 Å². The lowest BCUT2D eigenvalue weighted by molar-refractivity contribution is -0.384. The third-order valence-corrected chi connectivity index (χ3v) is 4.83. The Morgan fingerprint density at radius 3 is 2.86 bits per heavy atom. The zero-order valence-corrected chi connectivity index (χ0v) is 15.6. The average Bonchev–Trinajstić information content (AvgIpc) is 3.52.